The molecule has 2 heterocycles. The van der Waals surface area contributed by atoms with E-state index in [9.17, 15) is 0 Å². The van der Waals surface area contributed by atoms with Gasteiger partial charge in [0.1, 0.15) is 12.4 Å². The fraction of sp³-hybridized carbons (Fsp3) is 0.0588. The quantitative estimate of drug-likeness (QED) is 0.602. The highest BCUT2D eigenvalue weighted by Gasteiger charge is 2.26. The highest BCUT2D eigenvalue weighted by molar-refractivity contribution is 9.10. The van der Waals surface area contributed by atoms with E-state index in [1.54, 1.807) is 4.68 Å². The lowest BCUT2D eigenvalue weighted by Gasteiger charge is -2.25. The van der Waals surface area contributed by atoms with Gasteiger partial charge in [-0.3, -0.25) is 0 Å². The van der Waals surface area contributed by atoms with Crippen LogP contribution in [0.25, 0.3) is 5.70 Å². The van der Waals surface area contributed by atoms with Gasteiger partial charge in [0.05, 0.1) is 0 Å². The summed E-state index contributed by atoms with van der Waals surface area (Å²) < 4.78 is 2.80. The first kappa shape index (κ1) is 15.7. The summed E-state index contributed by atoms with van der Waals surface area (Å²) in [6.45, 7) is 0. The van der Waals surface area contributed by atoms with Gasteiger partial charge in [-0.05, 0) is 35.9 Å². The van der Waals surface area contributed by atoms with E-state index in [-0.39, 0.29) is 6.04 Å². The Morgan fingerprint density at radius 3 is 2.46 bits per heavy atom. The van der Waals surface area contributed by atoms with E-state index in [0.29, 0.717) is 16.0 Å². The van der Waals surface area contributed by atoms with Crippen LogP contribution in [-0.4, -0.2) is 14.8 Å². The molecule has 1 aliphatic rings. The summed E-state index contributed by atoms with van der Waals surface area (Å²) in [5.74, 6) is 0.649. The summed E-state index contributed by atoms with van der Waals surface area (Å²) in [6.07, 6.45) is 3.57. The van der Waals surface area contributed by atoms with Crippen molar-refractivity contribution in [1.82, 2.24) is 14.8 Å². The molecule has 3 aromatic rings. The lowest BCUT2D eigenvalue weighted by Crippen LogP contribution is -2.20. The normalized spacial score (nSPS) is 16.3. The third-order valence-electron chi connectivity index (χ3n) is 3.86. The van der Waals surface area contributed by atoms with Crippen LogP contribution in [0.5, 0.6) is 0 Å². The van der Waals surface area contributed by atoms with E-state index in [4.69, 9.17) is 23.2 Å². The van der Waals surface area contributed by atoms with Crippen LogP contribution in [0.2, 0.25) is 10.0 Å². The summed E-state index contributed by atoms with van der Waals surface area (Å²) in [4.78, 5) is 4.29. The van der Waals surface area contributed by atoms with E-state index in [1.165, 1.54) is 6.33 Å². The first-order chi connectivity index (χ1) is 11.6. The summed E-state index contributed by atoms with van der Waals surface area (Å²) in [5.41, 5.74) is 2.79. The van der Waals surface area contributed by atoms with Crippen LogP contribution in [0.15, 0.2) is 59.3 Å². The summed E-state index contributed by atoms with van der Waals surface area (Å²) in [5, 5.41) is 8.81. The predicted molar refractivity (Wildman–Crippen MR) is 100 cm³/mol. The Bertz CT molecular complexity index is 914. The number of fused-ring (bicyclic) bond motifs is 1. The zero-order chi connectivity index (χ0) is 16.7. The van der Waals surface area contributed by atoms with Crippen molar-refractivity contribution < 1.29 is 0 Å². The molecule has 0 saturated heterocycles. The number of allylic oxidation sites excluding steroid dienone is 1. The summed E-state index contributed by atoms with van der Waals surface area (Å²) in [6, 6.07) is 13.3. The Balaban J connectivity index is 1.87. The second-order valence-corrected chi connectivity index (χ2v) is 7.05. The third-order valence-corrected chi connectivity index (χ3v) is 5.05. The first-order valence-electron chi connectivity index (χ1n) is 7.21. The maximum Gasteiger partial charge on any atom is 0.226 e. The number of hydrogen-bond acceptors (Lipinski definition) is 3. The highest BCUT2D eigenvalue weighted by atomic mass is 79.9. The molecule has 0 bridgehead atoms. The molecule has 0 amide bonds. The molecule has 1 atom stereocenters. The van der Waals surface area contributed by atoms with E-state index >= 15 is 0 Å². The van der Waals surface area contributed by atoms with Crippen molar-refractivity contribution >= 4 is 50.8 Å². The molecule has 0 radical (unpaired) electrons. The summed E-state index contributed by atoms with van der Waals surface area (Å²) >= 11 is 16.3. The van der Waals surface area contributed by atoms with Crippen molar-refractivity contribution in [1.29, 1.82) is 0 Å². The number of aromatic nitrogens is 3. The van der Waals surface area contributed by atoms with Crippen LogP contribution in [-0.2, 0) is 0 Å². The van der Waals surface area contributed by atoms with Crippen molar-refractivity contribution in [3.8, 4) is 0 Å². The van der Waals surface area contributed by atoms with Crippen molar-refractivity contribution in [2.24, 2.45) is 0 Å². The van der Waals surface area contributed by atoms with Gasteiger partial charge in [-0.15, -0.1) is 0 Å². The molecular formula is C17H11BrCl2N4. The highest BCUT2D eigenvalue weighted by Crippen LogP contribution is 2.38. The van der Waals surface area contributed by atoms with Crippen LogP contribution in [0.4, 0.5) is 5.95 Å². The molecule has 0 saturated carbocycles. The van der Waals surface area contributed by atoms with E-state index in [0.717, 1.165) is 21.3 Å². The van der Waals surface area contributed by atoms with Gasteiger partial charge in [-0.25, -0.2) is 4.68 Å². The maximum absolute atomic E-state index is 6.41. The Hall–Kier alpha value is -1.82. The maximum atomic E-state index is 6.41. The van der Waals surface area contributed by atoms with Gasteiger partial charge in [0.15, 0.2) is 0 Å². The Labute approximate surface area is 157 Å². The molecule has 7 heteroatoms. The van der Waals surface area contributed by atoms with Crippen LogP contribution in [0, 0.1) is 0 Å². The molecule has 1 aliphatic heterocycles. The van der Waals surface area contributed by atoms with Gasteiger partial charge in [-0.2, -0.15) is 10.1 Å². The lowest BCUT2D eigenvalue weighted by molar-refractivity contribution is 0.612. The topological polar surface area (TPSA) is 42.7 Å². The van der Waals surface area contributed by atoms with E-state index < -0.39 is 0 Å². The number of nitrogens with zero attached hydrogens (tertiary/aromatic N) is 3. The number of rotatable bonds is 2. The fourth-order valence-corrected chi connectivity index (χ4v) is 3.62. The Kier molecular flexibility index (Phi) is 4.08. The van der Waals surface area contributed by atoms with E-state index in [1.807, 2.05) is 42.5 Å². The van der Waals surface area contributed by atoms with Crippen LogP contribution >= 0.6 is 39.1 Å². The lowest BCUT2D eigenvalue weighted by atomic mass is 10.0. The molecule has 0 fully saturated rings. The van der Waals surface area contributed by atoms with E-state index in [2.05, 4.69) is 37.4 Å². The minimum Gasteiger partial charge on any atom is -0.324 e. The molecule has 120 valence electrons. The Morgan fingerprint density at radius 2 is 1.75 bits per heavy atom. The van der Waals surface area contributed by atoms with Crippen molar-refractivity contribution in [2.45, 2.75) is 6.04 Å². The molecular weight excluding hydrogens is 411 g/mol. The number of hydrogen-bond donors (Lipinski definition) is 1. The minimum atomic E-state index is -0.233. The van der Waals surface area contributed by atoms with Crippen LogP contribution < -0.4 is 5.32 Å². The molecule has 4 rings (SSSR count). The third kappa shape index (κ3) is 2.73. The van der Waals surface area contributed by atoms with Gasteiger partial charge in [0.2, 0.25) is 5.95 Å². The minimum absolute atomic E-state index is 0.233. The molecule has 1 aromatic heterocycles. The van der Waals surface area contributed by atoms with Gasteiger partial charge < -0.3 is 5.32 Å². The van der Waals surface area contributed by atoms with Crippen LogP contribution in [0.3, 0.4) is 0 Å². The predicted octanol–water partition coefficient (Wildman–Crippen LogP) is 5.40. The number of anilines is 1. The molecule has 2 aromatic carbocycles. The van der Waals surface area contributed by atoms with Gasteiger partial charge in [-0.1, -0.05) is 57.3 Å². The first-order valence-corrected chi connectivity index (χ1v) is 8.76. The molecule has 0 spiro atoms. The number of benzene rings is 2. The number of halogens is 3. The van der Waals surface area contributed by atoms with Crippen molar-refractivity contribution in [3.63, 3.8) is 0 Å². The van der Waals surface area contributed by atoms with Gasteiger partial charge in [0, 0.05) is 25.8 Å². The zero-order valence-corrected chi connectivity index (χ0v) is 15.3. The monoisotopic (exact) mass is 420 g/mol. The molecule has 1 N–H and O–H groups in total. The molecule has 24 heavy (non-hydrogen) atoms. The smallest absolute Gasteiger partial charge is 0.226 e. The second kappa shape index (κ2) is 6.24. The average Bonchev–Trinajstić information content (AvgIpc) is 3.04. The SMILES string of the molecule is Clc1cccc(Cl)c1[C@H]1C=C(c2ccc(Br)cc2)Nc2ncnn21. The average molecular weight is 422 g/mol. The standard InChI is InChI=1S/C17H11BrCl2N4/c18-11-6-4-10(5-7-11)14-8-15(24-17(23-14)21-9-22-24)16-12(19)2-1-3-13(16)20/h1-9,15H,(H,21,22,23)/t15-/m1/s1. The van der Waals surface area contributed by atoms with Crippen molar-refractivity contribution in [3.05, 3.63) is 80.5 Å². The van der Waals surface area contributed by atoms with Gasteiger partial charge >= 0.3 is 0 Å². The largest absolute Gasteiger partial charge is 0.324 e. The number of nitrogens with one attached hydrogen (secondary N) is 1. The fourth-order valence-electron chi connectivity index (χ4n) is 2.73. The van der Waals surface area contributed by atoms with Crippen molar-refractivity contribution in [2.75, 3.05) is 5.32 Å². The second-order valence-electron chi connectivity index (χ2n) is 5.32. The summed E-state index contributed by atoms with van der Waals surface area (Å²) in [7, 11) is 0. The molecule has 0 aliphatic carbocycles. The van der Waals surface area contributed by atoms with Crippen LogP contribution in [0.1, 0.15) is 17.2 Å². The molecule has 4 nitrogen and oxygen atoms in total. The molecule has 0 unspecified atom stereocenters. The van der Waals surface area contributed by atoms with Gasteiger partial charge in [0.25, 0.3) is 0 Å². The zero-order valence-electron chi connectivity index (χ0n) is 12.2. The Morgan fingerprint density at radius 1 is 1.04 bits per heavy atom.